The zero-order valence-electron chi connectivity index (χ0n) is 14.7. The van der Waals surface area contributed by atoms with Crippen LogP contribution in [0.5, 0.6) is 0 Å². The Kier molecular flexibility index (Phi) is 3.66. The number of H-pyrrole nitrogens is 1. The van der Waals surface area contributed by atoms with Gasteiger partial charge in [-0.2, -0.15) is 0 Å². The van der Waals surface area contributed by atoms with Crippen molar-refractivity contribution in [2.24, 2.45) is 0 Å². The summed E-state index contributed by atoms with van der Waals surface area (Å²) in [4.78, 5) is 35.2. The fourth-order valence-electron chi connectivity index (χ4n) is 3.67. The van der Waals surface area contributed by atoms with Crippen molar-refractivity contribution in [1.82, 2.24) is 34.8 Å². The van der Waals surface area contributed by atoms with Gasteiger partial charge in [0.25, 0.3) is 5.91 Å². The molecule has 27 heavy (non-hydrogen) atoms. The fourth-order valence-corrected chi connectivity index (χ4v) is 3.67. The average molecular weight is 365 g/mol. The van der Waals surface area contributed by atoms with Crippen LogP contribution in [-0.4, -0.2) is 66.2 Å². The molecule has 5 rings (SSSR count). The van der Waals surface area contributed by atoms with Gasteiger partial charge in [-0.15, -0.1) is 5.10 Å². The van der Waals surface area contributed by atoms with E-state index in [4.69, 9.17) is 0 Å². The number of imidazole rings is 1. The van der Waals surface area contributed by atoms with Crippen molar-refractivity contribution in [3.8, 4) is 0 Å². The summed E-state index contributed by atoms with van der Waals surface area (Å²) in [5.74, 6) is 0.185. The second-order valence-electron chi connectivity index (χ2n) is 7.11. The Balaban J connectivity index is 1.21. The maximum atomic E-state index is 12.6. The lowest BCUT2D eigenvalue weighted by Crippen LogP contribution is -2.50. The minimum atomic E-state index is 0.00533. The molecule has 2 amide bonds. The number of carbonyl (C=O) groups excluding carboxylic acids is 2. The number of nitrogens with zero attached hydrogens (tertiary/aromatic N) is 6. The topological polar surface area (TPSA) is 100 Å². The second-order valence-corrected chi connectivity index (χ2v) is 7.11. The smallest absolute Gasteiger partial charge is 0.254 e. The average Bonchev–Trinajstić information content (AvgIpc) is 3.35. The number of aromatic nitrogens is 5. The van der Waals surface area contributed by atoms with Gasteiger partial charge in [0.1, 0.15) is 5.69 Å². The number of fused-ring (bicyclic) bond motifs is 1. The molecule has 0 unspecified atom stereocenters. The maximum Gasteiger partial charge on any atom is 0.254 e. The second kappa shape index (κ2) is 6.19. The van der Waals surface area contributed by atoms with E-state index < -0.39 is 0 Å². The van der Waals surface area contributed by atoms with Crippen LogP contribution in [0.15, 0.2) is 30.7 Å². The molecule has 2 aliphatic rings. The molecular weight excluding hydrogens is 346 g/mol. The molecule has 138 valence electrons. The maximum absolute atomic E-state index is 12.6. The highest BCUT2D eigenvalue weighted by molar-refractivity contribution is 5.97. The summed E-state index contributed by atoms with van der Waals surface area (Å²) in [6.45, 7) is 2.51. The van der Waals surface area contributed by atoms with Crippen molar-refractivity contribution in [3.63, 3.8) is 0 Å². The summed E-state index contributed by atoms with van der Waals surface area (Å²) >= 11 is 0. The predicted octanol–water partition coefficient (Wildman–Crippen LogP) is 0.974. The number of aromatic amines is 1. The molecule has 1 aromatic carbocycles. The first-order valence-corrected chi connectivity index (χ1v) is 9.08. The van der Waals surface area contributed by atoms with Crippen molar-refractivity contribution in [2.45, 2.75) is 25.4 Å². The standard InChI is InChI=1S/C18H19N7O2/c26-17-2-1-5-23(17)7-13-8-25(22-21-13)14-9-24(10-14)18(27)12-3-4-15-16(6-12)20-11-19-15/h3-4,6,8,11,14H,1-2,5,7,9-10H2,(H,19,20). The molecule has 0 spiro atoms. The number of nitrogens with one attached hydrogen (secondary N) is 1. The molecule has 0 aliphatic carbocycles. The SMILES string of the molecule is O=C1CCCN1Cc1cn(C2CN(C(=O)c3ccc4nc[nH]c4c3)C2)nn1. The van der Waals surface area contributed by atoms with Crippen LogP contribution < -0.4 is 0 Å². The van der Waals surface area contributed by atoms with Gasteiger partial charge in [-0.05, 0) is 24.6 Å². The van der Waals surface area contributed by atoms with Gasteiger partial charge in [-0.25, -0.2) is 9.67 Å². The highest BCUT2D eigenvalue weighted by atomic mass is 16.2. The summed E-state index contributed by atoms with van der Waals surface area (Å²) in [5.41, 5.74) is 3.15. The molecule has 0 saturated carbocycles. The largest absolute Gasteiger partial charge is 0.345 e. The molecule has 9 nitrogen and oxygen atoms in total. The van der Waals surface area contributed by atoms with Crippen molar-refractivity contribution < 1.29 is 9.59 Å². The lowest BCUT2D eigenvalue weighted by molar-refractivity contribution is -0.128. The molecule has 2 fully saturated rings. The highest BCUT2D eigenvalue weighted by Gasteiger charge is 2.33. The Morgan fingerprint density at radius 2 is 2.19 bits per heavy atom. The monoisotopic (exact) mass is 365 g/mol. The minimum Gasteiger partial charge on any atom is -0.345 e. The van der Waals surface area contributed by atoms with E-state index in [-0.39, 0.29) is 17.9 Å². The van der Waals surface area contributed by atoms with Crippen molar-refractivity contribution in [2.75, 3.05) is 19.6 Å². The van der Waals surface area contributed by atoms with Gasteiger partial charge in [0.2, 0.25) is 5.91 Å². The molecule has 3 aromatic rings. The summed E-state index contributed by atoms with van der Waals surface area (Å²) in [5, 5.41) is 8.36. The molecule has 2 saturated heterocycles. The van der Waals surface area contributed by atoms with Crippen LogP contribution in [0.2, 0.25) is 0 Å². The van der Waals surface area contributed by atoms with E-state index >= 15 is 0 Å². The predicted molar refractivity (Wildman–Crippen MR) is 95.7 cm³/mol. The number of rotatable bonds is 4. The van der Waals surface area contributed by atoms with Crippen molar-refractivity contribution >= 4 is 22.8 Å². The van der Waals surface area contributed by atoms with Gasteiger partial charge < -0.3 is 14.8 Å². The van der Waals surface area contributed by atoms with Crippen LogP contribution in [0.1, 0.15) is 34.9 Å². The van der Waals surface area contributed by atoms with Crippen LogP contribution in [-0.2, 0) is 11.3 Å². The van der Waals surface area contributed by atoms with Crippen LogP contribution in [0.3, 0.4) is 0 Å². The lowest BCUT2D eigenvalue weighted by atomic mass is 10.1. The normalized spacial score (nSPS) is 17.7. The van der Waals surface area contributed by atoms with Crippen LogP contribution in [0.25, 0.3) is 11.0 Å². The summed E-state index contributed by atoms with van der Waals surface area (Å²) in [7, 11) is 0. The van der Waals surface area contributed by atoms with E-state index in [9.17, 15) is 9.59 Å². The third-order valence-corrected chi connectivity index (χ3v) is 5.27. The number of hydrogen-bond acceptors (Lipinski definition) is 5. The summed E-state index contributed by atoms with van der Waals surface area (Å²) < 4.78 is 1.80. The molecule has 4 heterocycles. The molecule has 2 aromatic heterocycles. The summed E-state index contributed by atoms with van der Waals surface area (Å²) in [6, 6.07) is 5.61. The van der Waals surface area contributed by atoms with E-state index in [0.29, 0.717) is 31.6 Å². The van der Waals surface area contributed by atoms with Gasteiger partial charge in [0, 0.05) is 31.6 Å². The Morgan fingerprint density at radius 3 is 3.00 bits per heavy atom. The molecule has 9 heteroatoms. The third kappa shape index (κ3) is 2.84. The molecular formula is C18H19N7O2. The van der Waals surface area contributed by atoms with Gasteiger partial charge in [-0.3, -0.25) is 9.59 Å². The quantitative estimate of drug-likeness (QED) is 0.743. The minimum absolute atomic E-state index is 0.00533. The highest BCUT2D eigenvalue weighted by Crippen LogP contribution is 2.24. The molecule has 0 atom stereocenters. The Bertz CT molecular complexity index is 1020. The Labute approximate surface area is 155 Å². The number of likely N-dealkylation sites (tertiary alicyclic amines) is 2. The van der Waals surface area contributed by atoms with Gasteiger partial charge in [0.15, 0.2) is 0 Å². The Hall–Kier alpha value is -3.23. The Morgan fingerprint density at radius 1 is 1.30 bits per heavy atom. The number of amides is 2. The number of hydrogen-bond donors (Lipinski definition) is 1. The number of benzene rings is 1. The van der Waals surface area contributed by atoms with Crippen LogP contribution in [0, 0.1) is 0 Å². The van der Waals surface area contributed by atoms with Crippen molar-refractivity contribution in [1.29, 1.82) is 0 Å². The first-order chi connectivity index (χ1) is 13.2. The van der Waals surface area contributed by atoms with E-state index in [2.05, 4.69) is 20.3 Å². The van der Waals surface area contributed by atoms with Gasteiger partial charge >= 0.3 is 0 Å². The fraction of sp³-hybridized carbons (Fsp3) is 0.389. The lowest BCUT2D eigenvalue weighted by Gasteiger charge is -2.38. The first-order valence-electron chi connectivity index (χ1n) is 9.08. The van der Waals surface area contributed by atoms with Gasteiger partial charge in [-0.1, -0.05) is 5.21 Å². The van der Waals surface area contributed by atoms with Crippen LogP contribution in [0.4, 0.5) is 0 Å². The molecule has 0 radical (unpaired) electrons. The molecule has 2 aliphatic heterocycles. The van der Waals surface area contributed by atoms with E-state index in [0.717, 1.165) is 29.7 Å². The third-order valence-electron chi connectivity index (χ3n) is 5.27. The summed E-state index contributed by atoms with van der Waals surface area (Å²) in [6.07, 6.45) is 5.04. The first kappa shape index (κ1) is 16.0. The molecule has 1 N–H and O–H groups in total. The van der Waals surface area contributed by atoms with E-state index in [1.165, 1.54) is 0 Å². The van der Waals surface area contributed by atoms with Crippen molar-refractivity contribution in [3.05, 3.63) is 42.0 Å². The van der Waals surface area contributed by atoms with E-state index in [1.807, 2.05) is 23.2 Å². The van der Waals surface area contributed by atoms with Crippen LogP contribution >= 0.6 is 0 Å². The zero-order chi connectivity index (χ0) is 18.4. The zero-order valence-corrected chi connectivity index (χ0v) is 14.7. The van der Waals surface area contributed by atoms with Gasteiger partial charge in [0.05, 0.1) is 36.1 Å². The number of carbonyl (C=O) groups is 2. The van der Waals surface area contributed by atoms with E-state index in [1.54, 1.807) is 22.0 Å². The molecule has 0 bridgehead atoms.